The first kappa shape index (κ1) is 22.5. The van der Waals surface area contributed by atoms with Gasteiger partial charge in [0.25, 0.3) is 5.91 Å². The van der Waals surface area contributed by atoms with Crippen LogP contribution < -0.4 is 5.32 Å². The molecule has 2 N–H and O–H groups in total. The van der Waals surface area contributed by atoms with Crippen molar-refractivity contribution in [2.75, 3.05) is 11.9 Å². The highest BCUT2D eigenvalue weighted by Crippen LogP contribution is 2.41. The van der Waals surface area contributed by atoms with Crippen LogP contribution in [-0.2, 0) is 15.6 Å². The summed E-state index contributed by atoms with van der Waals surface area (Å²) in [6.07, 6.45) is 4.45. The van der Waals surface area contributed by atoms with Gasteiger partial charge in [-0.25, -0.2) is 13.4 Å². The van der Waals surface area contributed by atoms with Gasteiger partial charge in [-0.3, -0.25) is 9.78 Å². The quantitative estimate of drug-likeness (QED) is 0.422. The van der Waals surface area contributed by atoms with Gasteiger partial charge in [-0.05, 0) is 74.4 Å². The molecule has 0 spiro atoms. The fraction of sp³-hybridized carbons (Fsp3) is 0.208. The number of hydrogen-bond acceptors (Lipinski definition) is 5. The van der Waals surface area contributed by atoms with Crippen LogP contribution in [0.5, 0.6) is 0 Å². The fourth-order valence-corrected chi connectivity index (χ4v) is 6.28. The number of aromatic amines is 1. The molecule has 0 bridgehead atoms. The third-order valence-electron chi connectivity index (χ3n) is 6.15. The molecule has 1 fully saturated rings. The summed E-state index contributed by atoms with van der Waals surface area (Å²) in [6.45, 7) is 2.28. The normalized spacial score (nSPS) is 18.9. The lowest BCUT2D eigenvalue weighted by Gasteiger charge is -2.32. The standard InChI is InChI=1S/C24H22ClN5O3S/c1-24(11-3-13-30(24)34(32,33)19-8-5-17(25)6-9-19)23-28-20-10-7-18(14-21(20)29-23)27-22(31)16-4-2-12-26-15-16/h2,4-10,12,14-15H,3,11,13H2,1H3,(H,27,31)(H,28,29). The number of halogens is 1. The van der Waals surface area contributed by atoms with Gasteiger partial charge in [0.1, 0.15) is 5.82 Å². The molecule has 5 rings (SSSR count). The van der Waals surface area contributed by atoms with Crippen molar-refractivity contribution in [3.63, 3.8) is 0 Å². The molecule has 1 atom stereocenters. The van der Waals surface area contributed by atoms with E-state index >= 15 is 0 Å². The predicted molar refractivity (Wildman–Crippen MR) is 130 cm³/mol. The van der Waals surface area contributed by atoms with Crippen molar-refractivity contribution in [1.29, 1.82) is 0 Å². The van der Waals surface area contributed by atoms with Crippen LogP contribution in [0.3, 0.4) is 0 Å². The first-order chi connectivity index (χ1) is 16.3. The number of anilines is 1. The molecule has 2 aromatic heterocycles. The molecule has 2 aromatic carbocycles. The number of pyridine rings is 1. The monoisotopic (exact) mass is 495 g/mol. The van der Waals surface area contributed by atoms with Crippen molar-refractivity contribution in [3.05, 3.63) is 83.4 Å². The average molecular weight is 496 g/mol. The van der Waals surface area contributed by atoms with E-state index in [0.29, 0.717) is 52.5 Å². The number of H-pyrrole nitrogens is 1. The Labute approximate surface area is 202 Å². The maximum atomic E-state index is 13.4. The van der Waals surface area contributed by atoms with E-state index in [-0.39, 0.29) is 10.8 Å². The summed E-state index contributed by atoms with van der Waals surface area (Å²) >= 11 is 5.94. The Morgan fingerprint density at radius 3 is 2.71 bits per heavy atom. The molecule has 1 aliphatic heterocycles. The van der Waals surface area contributed by atoms with E-state index in [2.05, 4.69) is 15.3 Å². The van der Waals surface area contributed by atoms with E-state index in [1.54, 1.807) is 48.7 Å². The highest BCUT2D eigenvalue weighted by molar-refractivity contribution is 7.89. The van der Waals surface area contributed by atoms with Crippen molar-refractivity contribution in [3.8, 4) is 0 Å². The lowest BCUT2D eigenvalue weighted by molar-refractivity contribution is 0.102. The molecule has 1 amide bonds. The number of nitrogens with zero attached hydrogens (tertiary/aromatic N) is 3. The second kappa shape index (κ2) is 8.50. The summed E-state index contributed by atoms with van der Waals surface area (Å²) in [5, 5.41) is 3.33. The van der Waals surface area contributed by atoms with E-state index in [1.165, 1.54) is 22.6 Å². The highest BCUT2D eigenvalue weighted by Gasteiger charge is 2.47. The minimum Gasteiger partial charge on any atom is -0.340 e. The first-order valence-corrected chi connectivity index (χ1v) is 12.6. The largest absolute Gasteiger partial charge is 0.340 e. The van der Waals surface area contributed by atoms with Crippen LogP contribution in [0.15, 0.2) is 71.9 Å². The third kappa shape index (κ3) is 3.96. The molecular weight excluding hydrogens is 474 g/mol. The van der Waals surface area contributed by atoms with Crippen molar-refractivity contribution >= 4 is 44.3 Å². The molecule has 4 aromatic rings. The molecule has 3 heterocycles. The summed E-state index contributed by atoms with van der Waals surface area (Å²) in [5.74, 6) is 0.295. The number of aromatic nitrogens is 3. The van der Waals surface area contributed by atoms with Crippen LogP contribution in [0.2, 0.25) is 5.02 Å². The summed E-state index contributed by atoms with van der Waals surface area (Å²) < 4.78 is 28.4. The third-order valence-corrected chi connectivity index (χ3v) is 8.44. The van der Waals surface area contributed by atoms with Crippen LogP contribution in [0.4, 0.5) is 5.69 Å². The van der Waals surface area contributed by atoms with Gasteiger partial charge < -0.3 is 10.3 Å². The Morgan fingerprint density at radius 1 is 1.18 bits per heavy atom. The van der Waals surface area contributed by atoms with Crippen LogP contribution in [-0.4, -0.2) is 40.1 Å². The molecule has 1 aliphatic rings. The van der Waals surface area contributed by atoms with E-state index in [1.807, 2.05) is 6.92 Å². The average Bonchev–Trinajstić information content (AvgIpc) is 3.44. The molecule has 0 aliphatic carbocycles. The van der Waals surface area contributed by atoms with E-state index in [0.717, 1.165) is 0 Å². The zero-order valence-corrected chi connectivity index (χ0v) is 19.9. The molecule has 174 valence electrons. The van der Waals surface area contributed by atoms with Crippen molar-refractivity contribution in [2.24, 2.45) is 0 Å². The molecule has 10 heteroatoms. The van der Waals surface area contributed by atoms with Gasteiger partial charge in [0.2, 0.25) is 10.0 Å². The Morgan fingerprint density at radius 2 is 1.97 bits per heavy atom. The Balaban J connectivity index is 1.46. The van der Waals surface area contributed by atoms with Crippen molar-refractivity contribution in [1.82, 2.24) is 19.3 Å². The van der Waals surface area contributed by atoms with Gasteiger partial charge in [-0.1, -0.05) is 11.6 Å². The SMILES string of the molecule is CC1(c2nc3ccc(NC(=O)c4cccnc4)cc3[nH]2)CCCN1S(=O)(=O)c1ccc(Cl)cc1. The smallest absolute Gasteiger partial charge is 0.257 e. The number of imidazole rings is 1. The van der Waals surface area contributed by atoms with E-state index in [9.17, 15) is 13.2 Å². The van der Waals surface area contributed by atoms with Gasteiger partial charge in [-0.2, -0.15) is 4.31 Å². The number of benzene rings is 2. The minimum absolute atomic E-state index is 0.196. The topological polar surface area (TPSA) is 108 Å². The lowest BCUT2D eigenvalue weighted by atomic mass is 10.00. The number of amides is 1. The Hall–Kier alpha value is -3.27. The predicted octanol–water partition coefficient (Wildman–Crippen LogP) is 4.56. The molecule has 1 unspecified atom stereocenters. The maximum absolute atomic E-state index is 13.4. The number of fused-ring (bicyclic) bond motifs is 1. The minimum atomic E-state index is -3.75. The summed E-state index contributed by atoms with van der Waals surface area (Å²) in [4.78, 5) is 24.6. The Bertz CT molecular complexity index is 1470. The zero-order valence-electron chi connectivity index (χ0n) is 18.3. The highest BCUT2D eigenvalue weighted by atomic mass is 35.5. The fourth-order valence-electron chi connectivity index (χ4n) is 4.34. The molecule has 8 nitrogen and oxygen atoms in total. The second-order valence-corrected chi connectivity index (χ2v) is 10.7. The van der Waals surface area contributed by atoms with E-state index < -0.39 is 15.6 Å². The van der Waals surface area contributed by atoms with Crippen LogP contribution >= 0.6 is 11.6 Å². The molecule has 34 heavy (non-hydrogen) atoms. The molecular formula is C24H22ClN5O3S. The molecule has 0 radical (unpaired) electrons. The number of carbonyl (C=O) groups excluding carboxylic acids is 1. The first-order valence-electron chi connectivity index (χ1n) is 10.8. The second-order valence-electron chi connectivity index (χ2n) is 8.42. The van der Waals surface area contributed by atoms with Gasteiger partial charge in [-0.15, -0.1) is 0 Å². The summed E-state index contributed by atoms with van der Waals surface area (Å²) in [5.41, 5.74) is 1.60. The number of sulfonamides is 1. The lowest BCUT2D eigenvalue weighted by Crippen LogP contribution is -2.43. The van der Waals surface area contributed by atoms with Crippen molar-refractivity contribution < 1.29 is 13.2 Å². The van der Waals surface area contributed by atoms with Gasteiger partial charge in [0, 0.05) is 29.6 Å². The van der Waals surface area contributed by atoms with Crippen molar-refractivity contribution in [2.45, 2.75) is 30.2 Å². The number of carbonyl (C=O) groups is 1. The van der Waals surface area contributed by atoms with E-state index in [4.69, 9.17) is 16.6 Å². The van der Waals surface area contributed by atoms with Crippen LogP contribution in [0, 0.1) is 0 Å². The van der Waals surface area contributed by atoms with Crippen LogP contribution in [0.25, 0.3) is 11.0 Å². The van der Waals surface area contributed by atoms with Crippen LogP contribution in [0.1, 0.15) is 35.9 Å². The number of rotatable bonds is 5. The summed E-state index contributed by atoms with van der Waals surface area (Å²) in [7, 11) is -3.75. The molecule has 1 saturated heterocycles. The number of hydrogen-bond donors (Lipinski definition) is 2. The van der Waals surface area contributed by atoms with Gasteiger partial charge >= 0.3 is 0 Å². The van der Waals surface area contributed by atoms with Gasteiger partial charge in [0.15, 0.2) is 0 Å². The molecule has 0 saturated carbocycles. The maximum Gasteiger partial charge on any atom is 0.257 e. The summed E-state index contributed by atoms with van der Waals surface area (Å²) in [6, 6.07) is 14.9. The number of nitrogens with one attached hydrogen (secondary N) is 2. The van der Waals surface area contributed by atoms with Gasteiger partial charge in [0.05, 0.1) is 27.0 Å². The zero-order chi connectivity index (χ0) is 23.9. The Kier molecular flexibility index (Phi) is 5.63.